The number of carboxylic acids is 1. The zero-order valence-corrected chi connectivity index (χ0v) is 19.6. The van der Waals surface area contributed by atoms with Crippen molar-refractivity contribution in [3.63, 3.8) is 0 Å². The second-order valence-corrected chi connectivity index (χ2v) is 9.38. The molecule has 0 bridgehead atoms. The summed E-state index contributed by atoms with van der Waals surface area (Å²) in [5.74, 6) is -0.222. The zero-order chi connectivity index (χ0) is 24.6. The Morgan fingerprint density at radius 2 is 1.85 bits per heavy atom. The Morgan fingerprint density at radius 1 is 1.15 bits per heavy atom. The van der Waals surface area contributed by atoms with Crippen LogP contribution in [0, 0.1) is 12.8 Å². The molecule has 2 aromatic heterocycles. The molecule has 0 spiro atoms. The van der Waals surface area contributed by atoms with E-state index in [-0.39, 0.29) is 18.6 Å². The molecule has 4 rings (SSSR count). The fraction of sp³-hybridized carbons (Fsp3) is 0.280. The van der Waals surface area contributed by atoms with Gasteiger partial charge in [-0.05, 0) is 43.2 Å². The quantitative estimate of drug-likeness (QED) is 0.306. The van der Waals surface area contributed by atoms with E-state index in [0.717, 1.165) is 33.6 Å². The van der Waals surface area contributed by atoms with Gasteiger partial charge in [-0.2, -0.15) is 13.2 Å². The van der Waals surface area contributed by atoms with Crippen molar-refractivity contribution in [2.75, 3.05) is 0 Å². The van der Waals surface area contributed by atoms with Crippen molar-refractivity contribution in [2.45, 2.75) is 39.6 Å². The highest BCUT2D eigenvalue weighted by Gasteiger charge is 2.30. The normalized spacial score (nSPS) is 12.9. The number of fused-ring (bicyclic) bond motifs is 1. The lowest BCUT2D eigenvalue weighted by Gasteiger charge is -2.22. The van der Waals surface area contributed by atoms with E-state index in [2.05, 4.69) is 4.98 Å². The van der Waals surface area contributed by atoms with Gasteiger partial charge < -0.3 is 14.4 Å². The van der Waals surface area contributed by atoms with Crippen LogP contribution in [0.5, 0.6) is 5.75 Å². The van der Waals surface area contributed by atoms with Crippen LogP contribution >= 0.6 is 11.3 Å². The van der Waals surface area contributed by atoms with E-state index in [1.165, 1.54) is 23.5 Å². The Morgan fingerprint density at radius 3 is 2.47 bits per heavy atom. The predicted octanol–water partition coefficient (Wildman–Crippen LogP) is 6.95. The molecule has 34 heavy (non-hydrogen) atoms. The predicted molar refractivity (Wildman–Crippen MR) is 125 cm³/mol. The smallest absolute Gasteiger partial charge is 0.416 e. The number of ether oxygens (including phenoxy) is 1. The average Bonchev–Trinajstić information content (AvgIpc) is 3.35. The van der Waals surface area contributed by atoms with E-state index in [4.69, 9.17) is 9.84 Å². The third-order valence-corrected chi connectivity index (χ3v) is 6.76. The van der Waals surface area contributed by atoms with Crippen LogP contribution in [0.1, 0.15) is 36.1 Å². The third-order valence-electron chi connectivity index (χ3n) is 5.49. The first-order valence-corrected chi connectivity index (χ1v) is 11.5. The number of aliphatic carboxylic acids is 1. The van der Waals surface area contributed by atoms with Gasteiger partial charge >= 0.3 is 12.1 Å². The highest BCUT2D eigenvalue weighted by molar-refractivity contribution is 7.15. The summed E-state index contributed by atoms with van der Waals surface area (Å²) in [5, 5.41) is 10.6. The first-order chi connectivity index (χ1) is 16.0. The van der Waals surface area contributed by atoms with Gasteiger partial charge in [0.15, 0.2) is 0 Å². The van der Waals surface area contributed by atoms with Gasteiger partial charge in [0, 0.05) is 17.1 Å². The number of hydrogen-bond acceptors (Lipinski definition) is 4. The zero-order valence-electron chi connectivity index (χ0n) is 18.8. The highest BCUT2D eigenvalue weighted by atomic mass is 32.1. The molecule has 0 aliphatic carbocycles. The molecule has 1 N–H and O–H groups in total. The maximum atomic E-state index is 12.9. The van der Waals surface area contributed by atoms with E-state index < -0.39 is 17.7 Å². The van der Waals surface area contributed by atoms with Crippen molar-refractivity contribution in [1.82, 2.24) is 9.55 Å². The lowest BCUT2D eigenvalue weighted by Crippen LogP contribution is -2.14. The fourth-order valence-corrected chi connectivity index (χ4v) is 5.08. The number of alkyl halides is 3. The number of carboxylic acid groups (broad SMARTS) is 1. The number of benzene rings is 2. The molecule has 178 valence electrons. The molecule has 9 heteroatoms. The number of carbonyl (C=O) groups is 1. The van der Waals surface area contributed by atoms with Crippen molar-refractivity contribution in [1.29, 1.82) is 0 Å². The Balaban J connectivity index is 1.66. The maximum Gasteiger partial charge on any atom is 0.416 e. The van der Waals surface area contributed by atoms with Crippen LogP contribution in [0.15, 0.2) is 54.7 Å². The highest BCUT2D eigenvalue weighted by Crippen LogP contribution is 2.40. The minimum Gasteiger partial charge on any atom is -0.484 e. The van der Waals surface area contributed by atoms with E-state index in [1.54, 1.807) is 10.8 Å². The fourth-order valence-electron chi connectivity index (χ4n) is 3.81. The van der Waals surface area contributed by atoms with Gasteiger partial charge in [0.25, 0.3) is 0 Å². The molecule has 0 aliphatic rings. The van der Waals surface area contributed by atoms with Gasteiger partial charge in [0.1, 0.15) is 23.4 Å². The minimum absolute atomic E-state index is 0.0796. The van der Waals surface area contributed by atoms with E-state index >= 15 is 0 Å². The molecule has 1 unspecified atom stereocenters. The summed E-state index contributed by atoms with van der Waals surface area (Å²) in [7, 11) is 0. The standard InChI is InChI=1S/C25H23F3N2O3S/c1-14(2)22(33-20-6-4-5-19-18(20)11-12-30(19)13-21(31)32)23-15(3)29-24(34-23)16-7-9-17(10-8-16)25(26,27)28/h4-12,14,22H,13H2,1-3H3,(H,31,32). The Bertz CT molecular complexity index is 1320. The minimum atomic E-state index is -4.39. The van der Waals surface area contributed by atoms with Gasteiger partial charge in [-0.3, -0.25) is 4.79 Å². The Kier molecular flexibility index (Phi) is 6.40. The van der Waals surface area contributed by atoms with Crippen molar-refractivity contribution in [3.05, 3.63) is 70.9 Å². The van der Waals surface area contributed by atoms with Gasteiger partial charge in [0.05, 0.1) is 21.7 Å². The number of thiazole rings is 1. The summed E-state index contributed by atoms with van der Waals surface area (Å²) >= 11 is 1.40. The molecule has 0 saturated carbocycles. The average molecular weight is 489 g/mol. The van der Waals surface area contributed by atoms with Crippen molar-refractivity contribution in [2.24, 2.45) is 5.92 Å². The molecule has 0 amide bonds. The summed E-state index contributed by atoms with van der Waals surface area (Å²) in [5.41, 5.74) is 1.43. The second-order valence-electron chi connectivity index (χ2n) is 8.35. The van der Waals surface area contributed by atoms with Gasteiger partial charge in [0.2, 0.25) is 0 Å². The number of halogens is 3. The monoisotopic (exact) mass is 488 g/mol. The summed E-state index contributed by atoms with van der Waals surface area (Å²) < 4.78 is 46.8. The van der Waals surface area contributed by atoms with Crippen molar-refractivity contribution < 1.29 is 27.8 Å². The molecular formula is C25H23F3N2O3S. The molecule has 1 atom stereocenters. The molecule has 0 saturated heterocycles. The van der Waals surface area contributed by atoms with Crippen molar-refractivity contribution in [3.8, 4) is 16.3 Å². The Hall–Kier alpha value is -3.33. The van der Waals surface area contributed by atoms with Crippen molar-refractivity contribution >= 4 is 28.2 Å². The summed E-state index contributed by atoms with van der Waals surface area (Å²) in [6, 6.07) is 12.3. The van der Waals surface area contributed by atoms with Crippen LogP contribution in [0.2, 0.25) is 0 Å². The lowest BCUT2D eigenvalue weighted by atomic mass is 10.0. The van der Waals surface area contributed by atoms with Crippen LogP contribution in [0.25, 0.3) is 21.5 Å². The van der Waals surface area contributed by atoms with E-state index in [0.29, 0.717) is 16.3 Å². The van der Waals surface area contributed by atoms with E-state index in [9.17, 15) is 18.0 Å². The van der Waals surface area contributed by atoms with Gasteiger partial charge in [-0.1, -0.05) is 32.0 Å². The van der Waals surface area contributed by atoms with Crippen LogP contribution in [-0.4, -0.2) is 20.6 Å². The molecule has 0 aliphatic heterocycles. The molecule has 0 fully saturated rings. The first-order valence-electron chi connectivity index (χ1n) is 10.7. The molecular weight excluding hydrogens is 465 g/mol. The maximum absolute atomic E-state index is 12.9. The number of aryl methyl sites for hydroxylation is 1. The lowest BCUT2D eigenvalue weighted by molar-refractivity contribution is -0.138. The molecule has 2 aromatic carbocycles. The SMILES string of the molecule is Cc1nc(-c2ccc(C(F)(F)F)cc2)sc1C(Oc1cccc2c1ccn2CC(=O)O)C(C)C. The summed E-state index contributed by atoms with van der Waals surface area (Å²) in [6.45, 7) is 5.77. The van der Waals surface area contributed by atoms with Crippen LogP contribution < -0.4 is 4.74 Å². The largest absolute Gasteiger partial charge is 0.484 e. The topological polar surface area (TPSA) is 64.4 Å². The van der Waals surface area contributed by atoms with Gasteiger partial charge in [-0.25, -0.2) is 4.98 Å². The van der Waals surface area contributed by atoms with Gasteiger partial charge in [-0.15, -0.1) is 11.3 Å². The molecule has 0 radical (unpaired) electrons. The number of hydrogen-bond donors (Lipinski definition) is 1. The third kappa shape index (κ3) is 4.79. The van der Waals surface area contributed by atoms with Crippen LogP contribution in [0.3, 0.4) is 0 Å². The second kappa shape index (κ2) is 9.13. The summed E-state index contributed by atoms with van der Waals surface area (Å²) in [6.07, 6.45) is -3.01. The van der Waals surface area contributed by atoms with Crippen LogP contribution in [-0.2, 0) is 17.5 Å². The van der Waals surface area contributed by atoms with E-state index in [1.807, 2.05) is 45.0 Å². The molecule has 2 heterocycles. The number of nitrogens with zero attached hydrogens (tertiary/aromatic N) is 2. The number of rotatable bonds is 7. The molecule has 5 nitrogen and oxygen atoms in total. The first kappa shape index (κ1) is 23.8. The summed E-state index contributed by atoms with van der Waals surface area (Å²) in [4.78, 5) is 16.7. The number of aromatic nitrogens is 2. The Labute approximate surface area is 198 Å². The molecule has 4 aromatic rings. The van der Waals surface area contributed by atoms with Crippen LogP contribution in [0.4, 0.5) is 13.2 Å².